The molecule has 3 aromatic carbocycles. The second kappa shape index (κ2) is 10.8. The highest BCUT2D eigenvalue weighted by atomic mass is 32.2. The number of pyridine rings is 1. The summed E-state index contributed by atoms with van der Waals surface area (Å²) >= 11 is 0. The van der Waals surface area contributed by atoms with Crippen molar-refractivity contribution in [1.29, 1.82) is 0 Å². The number of nitrogens with zero attached hydrogens (tertiary/aromatic N) is 5. The normalized spacial score (nSPS) is 12.9. The Morgan fingerprint density at radius 1 is 1.02 bits per heavy atom. The lowest BCUT2D eigenvalue weighted by Gasteiger charge is -2.31. The molecular weight excluding hydrogens is 586 g/mol. The van der Waals surface area contributed by atoms with Gasteiger partial charge in [-0.05, 0) is 42.0 Å². The van der Waals surface area contributed by atoms with Gasteiger partial charge in [0, 0.05) is 30.0 Å². The van der Waals surface area contributed by atoms with Gasteiger partial charge < -0.3 is 14.4 Å². The molecule has 0 spiro atoms. The van der Waals surface area contributed by atoms with Gasteiger partial charge in [0.2, 0.25) is 5.88 Å². The summed E-state index contributed by atoms with van der Waals surface area (Å²) in [7, 11) is -3.19. The number of anilines is 3. The molecule has 0 atom stereocenters. The zero-order valence-electron chi connectivity index (χ0n) is 22.2. The van der Waals surface area contributed by atoms with Crippen LogP contribution in [0.4, 0.5) is 31.7 Å². The van der Waals surface area contributed by atoms with E-state index in [0.717, 1.165) is 12.1 Å². The number of hydrogen-bond acceptors (Lipinski definition) is 10. The van der Waals surface area contributed by atoms with E-state index in [9.17, 15) is 27.3 Å². The van der Waals surface area contributed by atoms with Gasteiger partial charge in [-0.3, -0.25) is 14.8 Å². The third kappa shape index (κ3) is 5.21. The van der Waals surface area contributed by atoms with Gasteiger partial charge in [-0.2, -0.15) is 0 Å². The highest BCUT2D eigenvalue weighted by Gasteiger charge is 2.25. The van der Waals surface area contributed by atoms with Crippen molar-refractivity contribution in [2.75, 3.05) is 29.9 Å². The zero-order valence-corrected chi connectivity index (χ0v) is 23.0. The van der Waals surface area contributed by atoms with Crippen LogP contribution in [0.2, 0.25) is 0 Å². The molecule has 1 aliphatic rings. The number of nitrogens with one attached hydrogen (secondary N) is 1. The molecule has 0 aliphatic carbocycles. The summed E-state index contributed by atoms with van der Waals surface area (Å²) in [6.45, 7) is 0.698. The maximum absolute atomic E-state index is 14.3. The molecule has 0 unspecified atom stereocenters. The van der Waals surface area contributed by atoms with E-state index in [0.29, 0.717) is 58.5 Å². The zero-order chi connectivity index (χ0) is 30.3. The van der Waals surface area contributed by atoms with E-state index in [1.807, 2.05) is 4.90 Å². The number of nitro benzene ring substituents is 1. The molecule has 2 aromatic heterocycles. The van der Waals surface area contributed by atoms with Gasteiger partial charge in [0.1, 0.15) is 46.7 Å². The quantitative estimate of drug-likeness (QED) is 0.193. The van der Waals surface area contributed by atoms with Gasteiger partial charge in [-0.1, -0.05) is 6.07 Å². The lowest BCUT2D eigenvalue weighted by molar-refractivity contribution is -0.384. The SMILES string of the molecule is COc1ncc(-c2ccc3c(c2)N(c2ncnc4ccc([N+](=O)[O-])cc24)CCO3)cc1NS(=O)(=O)c1ccc(F)cc1F. The van der Waals surface area contributed by atoms with E-state index < -0.39 is 31.5 Å². The number of aromatic nitrogens is 3. The van der Waals surface area contributed by atoms with Crippen LogP contribution in [0.1, 0.15) is 0 Å². The molecule has 6 rings (SSSR count). The van der Waals surface area contributed by atoms with E-state index in [-0.39, 0.29) is 17.3 Å². The number of nitro groups is 1. The first-order chi connectivity index (χ1) is 20.6. The lowest BCUT2D eigenvalue weighted by Crippen LogP contribution is -2.29. The highest BCUT2D eigenvalue weighted by Crippen LogP contribution is 2.42. The molecule has 5 aromatic rings. The molecule has 218 valence electrons. The van der Waals surface area contributed by atoms with Gasteiger partial charge in [0.25, 0.3) is 15.7 Å². The number of non-ortho nitro benzene ring substituents is 1. The van der Waals surface area contributed by atoms with Crippen LogP contribution in [0.5, 0.6) is 11.6 Å². The molecule has 0 amide bonds. The number of fused-ring (bicyclic) bond motifs is 2. The van der Waals surface area contributed by atoms with Crippen LogP contribution in [0.15, 0.2) is 78.1 Å². The fourth-order valence-electron chi connectivity index (χ4n) is 4.72. The number of halogens is 2. The minimum Gasteiger partial charge on any atom is -0.490 e. The second-order valence-electron chi connectivity index (χ2n) is 9.30. The Labute approximate surface area is 242 Å². The maximum atomic E-state index is 14.3. The first kappa shape index (κ1) is 27.7. The molecule has 1 aliphatic heterocycles. The maximum Gasteiger partial charge on any atom is 0.270 e. The Hall–Kier alpha value is -5.44. The molecule has 0 radical (unpaired) electrons. The van der Waals surface area contributed by atoms with Crippen molar-refractivity contribution in [3.8, 4) is 22.8 Å². The van der Waals surface area contributed by atoms with Crippen molar-refractivity contribution in [2.45, 2.75) is 4.90 Å². The van der Waals surface area contributed by atoms with Crippen LogP contribution in [0.25, 0.3) is 22.0 Å². The average Bonchev–Trinajstić information content (AvgIpc) is 2.99. The molecular formula is C28H20F2N6O6S. The summed E-state index contributed by atoms with van der Waals surface area (Å²) in [5.41, 5.74) is 2.00. The van der Waals surface area contributed by atoms with Crippen molar-refractivity contribution in [3.05, 3.63) is 94.9 Å². The average molecular weight is 607 g/mol. The topological polar surface area (TPSA) is 150 Å². The van der Waals surface area contributed by atoms with Gasteiger partial charge >= 0.3 is 0 Å². The number of ether oxygens (including phenoxy) is 2. The Bertz CT molecular complexity index is 2030. The second-order valence-corrected chi connectivity index (χ2v) is 11.0. The first-order valence-corrected chi connectivity index (χ1v) is 14.1. The van der Waals surface area contributed by atoms with Crippen LogP contribution in [0, 0.1) is 21.7 Å². The largest absolute Gasteiger partial charge is 0.490 e. The number of sulfonamides is 1. The Kier molecular flexibility index (Phi) is 6.93. The summed E-state index contributed by atoms with van der Waals surface area (Å²) in [4.78, 5) is 24.9. The summed E-state index contributed by atoms with van der Waals surface area (Å²) in [5, 5.41) is 11.9. The Morgan fingerprint density at radius 2 is 1.86 bits per heavy atom. The van der Waals surface area contributed by atoms with Gasteiger partial charge in [-0.15, -0.1) is 0 Å². The van der Waals surface area contributed by atoms with Crippen LogP contribution < -0.4 is 19.1 Å². The van der Waals surface area contributed by atoms with Crippen LogP contribution in [-0.4, -0.2) is 48.6 Å². The predicted molar refractivity (Wildman–Crippen MR) is 152 cm³/mol. The first-order valence-electron chi connectivity index (χ1n) is 12.6. The number of rotatable bonds is 7. The van der Waals surface area contributed by atoms with Crippen molar-refractivity contribution in [3.63, 3.8) is 0 Å². The highest BCUT2D eigenvalue weighted by molar-refractivity contribution is 7.92. The van der Waals surface area contributed by atoms with E-state index in [1.165, 1.54) is 37.8 Å². The third-order valence-electron chi connectivity index (χ3n) is 6.69. The van der Waals surface area contributed by atoms with E-state index in [1.54, 1.807) is 24.3 Å². The standard InChI is InChI=1S/C28H20F2N6O6S/c1-41-28-23(34-43(39,40)26-7-3-18(29)12-21(26)30)10-17(14-31-28)16-2-6-25-24(11-16)35(8-9-42-25)27-20-13-19(36(37)38)4-5-22(20)32-15-33-27/h2-7,10-15,34H,8-9H2,1H3. The van der Waals surface area contributed by atoms with Gasteiger partial charge in [0.05, 0.1) is 35.2 Å². The number of benzene rings is 3. The number of methoxy groups -OCH3 is 1. The van der Waals surface area contributed by atoms with Crippen LogP contribution in [0.3, 0.4) is 0 Å². The summed E-state index contributed by atoms with van der Waals surface area (Å²) in [5.74, 6) is -1.28. The molecule has 3 heterocycles. The van der Waals surface area contributed by atoms with Gasteiger partial charge in [0.15, 0.2) is 0 Å². The smallest absolute Gasteiger partial charge is 0.270 e. The predicted octanol–water partition coefficient (Wildman–Crippen LogP) is 5.22. The third-order valence-corrected chi connectivity index (χ3v) is 8.09. The van der Waals surface area contributed by atoms with Crippen molar-refractivity contribution in [1.82, 2.24) is 15.0 Å². The summed E-state index contributed by atoms with van der Waals surface area (Å²) in [6, 6.07) is 13.2. The molecule has 12 nitrogen and oxygen atoms in total. The van der Waals surface area contributed by atoms with Crippen molar-refractivity contribution < 1.29 is 31.6 Å². The van der Waals surface area contributed by atoms with Crippen LogP contribution in [-0.2, 0) is 10.0 Å². The molecule has 15 heteroatoms. The molecule has 0 fully saturated rings. The number of hydrogen-bond donors (Lipinski definition) is 1. The molecule has 0 saturated carbocycles. The fourth-order valence-corrected chi connectivity index (χ4v) is 5.82. The van der Waals surface area contributed by atoms with E-state index in [2.05, 4.69) is 19.7 Å². The van der Waals surface area contributed by atoms with Gasteiger partial charge in [-0.25, -0.2) is 32.2 Å². The summed E-state index contributed by atoms with van der Waals surface area (Å²) in [6.07, 6.45) is 2.84. The fraction of sp³-hybridized carbons (Fsp3) is 0.107. The monoisotopic (exact) mass is 606 g/mol. The van der Waals surface area contributed by atoms with Crippen molar-refractivity contribution in [2.24, 2.45) is 0 Å². The summed E-state index contributed by atoms with van der Waals surface area (Å²) < 4.78 is 67.0. The molecule has 43 heavy (non-hydrogen) atoms. The Balaban J connectivity index is 1.41. The molecule has 1 N–H and O–H groups in total. The van der Waals surface area contributed by atoms with Crippen LogP contribution >= 0.6 is 0 Å². The molecule has 0 saturated heterocycles. The van der Waals surface area contributed by atoms with Crippen molar-refractivity contribution >= 4 is 43.8 Å². The van der Waals surface area contributed by atoms with E-state index >= 15 is 0 Å². The molecule has 0 bridgehead atoms. The van der Waals surface area contributed by atoms with E-state index in [4.69, 9.17) is 9.47 Å². The minimum atomic E-state index is -4.48. The Morgan fingerprint density at radius 3 is 2.63 bits per heavy atom. The minimum absolute atomic E-state index is 0.0770. The lowest BCUT2D eigenvalue weighted by atomic mass is 10.0.